The molecule has 2 saturated heterocycles. The van der Waals surface area contributed by atoms with Crippen LogP contribution in [-0.2, 0) is 35.1 Å². The maximum absolute atomic E-state index is 14.0. The van der Waals surface area contributed by atoms with Gasteiger partial charge in [-0.1, -0.05) is 29.8 Å². The number of ether oxygens (including phenoxy) is 2. The lowest BCUT2D eigenvalue weighted by Gasteiger charge is -2.40. The van der Waals surface area contributed by atoms with Crippen molar-refractivity contribution in [3.63, 3.8) is 0 Å². The predicted molar refractivity (Wildman–Crippen MR) is 126 cm³/mol. The van der Waals surface area contributed by atoms with Crippen LogP contribution >= 0.6 is 0 Å². The van der Waals surface area contributed by atoms with Gasteiger partial charge in [0, 0.05) is 26.3 Å². The van der Waals surface area contributed by atoms with E-state index in [9.17, 15) is 19.2 Å². The molecule has 4 atom stereocenters. The maximum atomic E-state index is 14.0. The second-order valence-electron chi connectivity index (χ2n) is 9.51. The van der Waals surface area contributed by atoms with Crippen LogP contribution in [-0.4, -0.2) is 66.4 Å². The van der Waals surface area contributed by atoms with E-state index >= 15 is 0 Å². The highest BCUT2D eigenvalue weighted by atomic mass is 16.6. The molecular weight excluding hydrogens is 436 g/mol. The van der Waals surface area contributed by atoms with Crippen LogP contribution in [0, 0.1) is 12.8 Å². The summed E-state index contributed by atoms with van der Waals surface area (Å²) in [4.78, 5) is 53.3. The third-order valence-electron chi connectivity index (χ3n) is 7.08. The third kappa shape index (κ3) is 5.66. The molecule has 0 saturated carbocycles. The average molecular weight is 473 g/mol. The molecule has 1 N–H and O–H groups in total. The van der Waals surface area contributed by atoms with Crippen LogP contribution < -0.4 is 5.32 Å². The lowest BCUT2D eigenvalue weighted by molar-refractivity contribution is -0.160. The van der Waals surface area contributed by atoms with E-state index in [4.69, 9.17) is 9.47 Å². The topological polar surface area (TPSA) is 102 Å². The molecule has 0 radical (unpaired) electrons. The zero-order valence-electron chi connectivity index (χ0n) is 20.6. The fourth-order valence-corrected chi connectivity index (χ4v) is 5.23. The van der Waals surface area contributed by atoms with E-state index in [0.717, 1.165) is 30.5 Å². The van der Waals surface area contributed by atoms with Crippen molar-refractivity contribution in [2.24, 2.45) is 5.92 Å². The Hall–Kier alpha value is -2.74. The first-order chi connectivity index (χ1) is 16.2. The first kappa shape index (κ1) is 25.9. The summed E-state index contributed by atoms with van der Waals surface area (Å²) >= 11 is 0. The zero-order valence-corrected chi connectivity index (χ0v) is 20.6. The van der Waals surface area contributed by atoms with Crippen molar-refractivity contribution in [1.29, 1.82) is 0 Å². The van der Waals surface area contributed by atoms with Crippen LogP contribution in [0.15, 0.2) is 24.3 Å². The summed E-state index contributed by atoms with van der Waals surface area (Å²) in [5.74, 6) is -2.35. The summed E-state index contributed by atoms with van der Waals surface area (Å²) in [6.07, 6.45) is 2.28. The Labute approximate surface area is 201 Å². The van der Waals surface area contributed by atoms with Crippen LogP contribution in [0.1, 0.15) is 57.1 Å². The van der Waals surface area contributed by atoms with Gasteiger partial charge < -0.3 is 19.7 Å². The quantitative estimate of drug-likeness (QED) is 0.551. The lowest BCUT2D eigenvalue weighted by atomic mass is 9.79. The Morgan fingerprint density at radius 2 is 1.88 bits per heavy atom. The number of methoxy groups -OCH3 is 1. The first-order valence-corrected chi connectivity index (χ1v) is 12.1. The van der Waals surface area contributed by atoms with Crippen molar-refractivity contribution < 1.29 is 28.7 Å². The van der Waals surface area contributed by atoms with Gasteiger partial charge in [-0.2, -0.15) is 0 Å². The van der Waals surface area contributed by atoms with Gasteiger partial charge in [0.2, 0.25) is 5.91 Å². The van der Waals surface area contributed by atoms with Crippen LogP contribution in [0.4, 0.5) is 0 Å². The minimum atomic E-state index is -1.06. The van der Waals surface area contributed by atoms with E-state index in [0.29, 0.717) is 25.8 Å². The summed E-state index contributed by atoms with van der Waals surface area (Å²) < 4.78 is 10.2. The molecule has 0 aromatic heterocycles. The number of hydrogen-bond donors (Lipinski definition) is 1. The molecule has 2 heterocycles. The number of likely N-dealkylation sites (tertiary alicyclic amines) is 1. The summed E-state index contributed by atoms with van der Waals surface area (Å²) in [6, 6.07) is 7.66. The molecule has 1 amide bonds. The highest BCUT2D eigenvalue weighted by molar-refractivity contribution is 5.97. The molecule has 0 bridgehead atoms. The van der Waals surface area contributed by atoms with Crippen molar-refractivity contribution >= 4 is 23.6 Å². The van der Waals surface area contributed by atoms with Crippen molar-refractivity contribution in [3.05, 3.63) is 35.4 Å². The lowest BCUT2D eigenvalue weighted by Crippen LogP contribution is -2.58. The van der Waals surface area contributed by atoms with Crippen molar-refractivity contribution in [2.75, 3.05) is 20.2 Å². The number of amides is 1. The molecule has 34 heavy (non-hydrogen) atoms. The highest BCUT2D eigenvalue weighted by Crippen LogP contribution is 2.37. The third-order valence-corrected chi connectivity index (χ3v) is 7.08. The molecule has 3 rings (SSSR count). The molecule has 8 heteroatoms. The Morgan fingerprint density at radius 1 is 1.18 bits per heavy atom. The standard InChI is InChI=1S/C26H36N2O6/c1-17-8-10-20(11-9-17)16-26(12-6-14-28(26)24(31)22-7-5-13-27-22)23(30)15-21(25(32)33-4)18(2)34-19(3)29/h8-11,18,21-22,27H,5-7,12-16H2,1-4H3. The number of nitrogens with one attached hydrogen (secondary N) is 1. The maximum Gasteiger partial charge on any atom is 0.312 e. The second kappa shape index (κ2) is 11.1. The van der Waals surface area contributed by atoms with E-state index in [-0.39, 0.29) is 24.2 Å². The molecule has 0 aliphatic carbocycles. The van der Waals surface area contributed by atoms with Crippen LogP contribution in [0.2, 0.25) is 0 Å². The summed E-state index contributed by atoms with van der Waals surface area (Å²) in [5.41, 5.74) is 1.01. The molecule has 2 aliphatic rings. The zero-order chi connectivity index (χ0) is 24.9. The highest BCUT2D eigenvalue weighted by Gasteiger charge is 2.51. The molecule has 8 nitrogen and oxygen atoms in total. The number of aryl methyl sites for hydroxylation is 1. The molecule has 0 spiro atoms. The smallest absolute Gasteiger partial charge is 0.312 e. The molecule has 1 aromatic rings. The molecule has 4 unspecified atom stereocenters. The predicted octanol–water partition coefficient (Wildman–Crippen LogP) is 2.35. The van der Waals surface area contributed by atoms with E-state index in [1.54, 1.807) is 11.8 Å². The molecular formula is C26H36N2O6. The molecule has 2 aliphatic heterocycles. The van der Waals surface area contributed by atoms with Gasteiger partial charge in [-0.3, -0.25) is 19.2 Å². The van der Waals surface area contributed by atoms with Crippen LogP contribution in [0.25, 0.3) is 0 Å². The largest absolute Gasteiger partial charge is 0.469 e. The van der Waals surface area contributed by atoms with E-state index in [1.165, 1.54) is 14.0 Å². The van der Waals surface area contributed by atoms with Crippen LogP contribution in [0.5, 0.6) is 0 Å². The van der Waals surface area contributed by atoms with Gasteiger partial charge in [0.05, 0.1) is 13.2 Å². The van der Waals surface area contributed by atoms with Gasteiger partial charge in [0.25, 0.3) is 0 Å². The number of carbonyl (C=O) groups excluding carboxylic acids is 4. The van der Waals surface area contributed by atoms with Crippen molar-refractivity contribution in [3.8, 4) is 0 Å². The van der Waals surface area contributed by atoms with Gasteiger partial charge in [0.1, 0.15) is 17.6 Å². The number of benzene rings is 1. The summed E-state index contributed by atoms with van der Waals surface area (Å²) in [6.45, 7) is 6.13. The van der Waals surface area contributed by atoms with Gasteiger partial charge in [-0.25, -0.2) is 0 Å². The fourth-order valence-electron chi connectivity index (χ4n) is 5.23. The second-order valence-corrected chi connectivity index (χ2v) is 9.51. The number of Topliss-reactive ketones (excluding diaryl/α,β-unsaturated/α-hetero) is 1. The van der Waals surface area contributed by atoms with Gasteiger partial charge in [0.15, 0.2) is 5.78 Å². The number of nitrogens with zero attached hydrogens (tertiary/aromatic N) is 1. The van der Waals surface area contributed by atoms with E-state index < -0.39 is 29.5 Å². The SMILES string of the molecule is COC(=O)C(CC(=O)C1(Cc2ccc(C)cc2)CCCN1C(=O)C1CCCN1)C(C)OC(C)=O. The summed E-state index contributed by atoms with van der Waals surface area (Å²) in [5, 5.41) is 3.26. The average Bonchev–Trinajstić information content (AvgIpc) is 3.48. The van der Waals surface area contributed by atoms with Gasteiger partial charge >= 0.3 is 11.9 Å². The van der Waals surface area contributed by atoms with Gasteiger partial charge in [-0.05, 0) is 51.6 Å². The normalized spacial score (nSPS) is 23.9. The number of rotatable bonds is 9. The van der Waals surface area contributed by atoms with Crippen molar-refractivity contribution in [2.45, 2.75) is 77.0 Å². The first-order valence-electron chi connectivity index (χ1n) is 12.1. The van der Waals surface area contributed by atoms with E-state index in [2.05, 4.69) is 5.32 Å². The number of hydrogen-bond acceptors (Lipinski definition) is 7. The van der Waals surface area contributed by atoms with Crippen molar-refractivity contribution in [1.82, 2.24) is 10.2 Å². The van der Waals surface area contributed by atoms with E-state index in [1.807, 2.05) is 31.2 Å². The number of ketones is 1. The fraction of sp³-hybridized carbons (Fsp3) is 0.615. The molecule has 2 fully saturated rings. The minimum Gasteiger partial charge on any atom is -0.469 e. The Balaban J connectivity index is 1.95. The Morgan fingerprint density at radius 3 is 2.47 bits per heavy atom. The summed E-state index contributed by atoms with van der Waals surface area (Å²) in [7, 11) is 1.25. The Bertz CT molecular complexity index is 908. The number of carbonyl (C=O) groups is 4. The molecule has 1 aromatic carbocycles. The minimum absolute atomic E-state index is 0.0573. The number of esters is 2. The molecule has 186 valence electrons. The monoisotopic (exact) mass is 472 g/mol. The van der Waals surface area contributed by atoms with Gasteiger partial charge in [-0.15, -0.1) is 0 Å². The van der Waals surface area contributed by atoms with Crippen LogP contribution in [0.3, 0.4) is 0 Å². The Kier molecular flexibility index (Phi) is 8.47.